The molecule has 82 valence electrons. The minimum atomic E-state index is 0.0111. The van der Waals surface area contributed by atoms with Crippen molar-refractivity contribution in [3.8, 4) is 0 Å². The summed E-state index contributed by atoms with van der Waals surface area (Å²) in [5.41, 5.74) is 2.07. The van der Waals surface area contributed by atoms with E-state index < -0.39 is 0 Å². The summed E-state index contributed by atoms with van der Waals surface area (Å²) in [4.78, 5) is 10.6. The van der Waals surface area contributed by atoms with Gasteiger partial charge in [-0.15, -0.1) is 0 Å². The topological polar surface area (TPSA) is 29.0 Å². The number of rotatable bonds is 2. The van der Waals surface area contributed by atoms with Gasteiger partial charge in [-0.25, -0.2) is 9.97 Å². The third kappa shape index (κ3) is 2.35. The zero-order chi connectivity index (χ0) is 11.6. The van der Waals surface area contributed by atoms with E-state index in [-0.39, 0.29) is 5.41 Å². The van der Waals surface area contributed by atoms with Crippen molar-refractivity contribution in [3.05, 3.63) is 24.2 Å². The van der Waals surface area contributed by atoms with Crippen LogP contribution in [0.4, 0.5) is 5.82 Å². The van der Waals surface area contributed by atoms with Crippen LogP contribution in [0.2, 0.25) is 0 Å². The second-order valence-corrected chi connectivity index (χ2v) is 4.81. The summed E-state index contributed by atoms with van der Waals surface area (Å²) in [6.45, 7) is 10.3. The van der Waals surface area contributed by atoms with Gasteiger partial charge in [-0.3, -0.25) is 0 Å². The van der Waals surface area contributed by atoms with E-state index in [1.54, 1.807) is 6.33 Å². The molecule has 0 fully saturated rings. The van der Waals surface area contributed by atoms with Crippen LogP contribution in [0.3, 0.4) is 0 Å². The highest BCUT2D eigenvalue weighted by molar-refractivity contribution is 5.65. The van der Waals surface area contributed by atoms with Crippen LogP contribution >= 0.6 is 0 Å². The fourth-order valence-corrected chi connectivity index (χ4v) is 1.53. The lowest BCUT2D eigenvalue weighted by Gasteiger charge is -2.23. The van der Waals surface area contributed by atoms with Gasteiger partial charge in [-0.05, 0) is 0 Å². The van der Waals surface area contributed by atoms with E-state index in [1.807, 2.05) is 25.1 Å². The molecule has 0 aliphatic carbocycles. The number of hydrogen-bond acceptors (Lipinski definition) is 3. The third-order valence-corrected chi connectivity index (χ3v) is 2.20. The monoisotopic (exact) mass is 205 g/mol. The van der Waals surface area contributed by atoms with Crippen molar-refractivity contribution in [1.82, 2.24) is 9.97 Å². The van der Waals surface area contributed by atoms with Crippen molar-refractivity contribution < 1.29 is 0 Å². The van der Waals surface area contributed by atoms with Crippen LogP contribution in [0.1, 0.15) is 32.0 Å². The fraction of sp³-hybridized carbons (Fsp3) is 0.500. The maximum Gasteiger partial charge on any atom is 0.139 e. The summed E-state index contributed by atoms with van der Waals surface area (Å²) >= 11 is 0. The van der Waals surface area contributed by atoms with Crippen LogP contribution < -0.4 is 4.90 Å². The molecule has 3 heteroatoms. The molecule has 0 aliphatic heterocycles. The highest BCUT2D eigenvalue weighted by Crippen LogP contribution is 2.28. The Bertz CT molecular complexity index is 362. The number of aromatic nitrogens is 2. The summed E-state index contributed by atoms with van der Waals surface area (Å²) in [6, 6.07) is 0. The van der Waals surface area contributed by atoms with Crippen molar-refractivity contribution in [3.63, 3.8) is 0 Å². The van der Waals surface area contributed by atoms with Gasteiger partial charge < -0.3 is 4.90 Å². The molecule has 0 amide bonds. The van der Waals surface area contributed by atoms with Gasteiger partial charge in [0.05, 0.1) is 5.69 Å². The van der Waals surface area contributed by atoms with E-state index in [4.69, 9.17) is 0 Å². The quantitative estimate of drug-likeness (QED) is 0.742. The Balaban J connectivity index is 3.42. The Morgan fingerprint density at radius 1 is 1.27 bits per heavy atom. The Morgan fingerprint density at radius 2 is 1.87 bits per heavy atom. The maximum absolute atomic E-state index is 4.35. The molecular weight excluding hydrogens is 186 g/mol. The summed E-state index contributed by atoms with van der Waals surface area (Å²) in [7, 11) is 3.95. The molecule has 0 atom stereocenters. The minimum Gasteiger partial charge on any atom is -0.362 e. The van der Waals surface area contributed by atoms with Crippen LogP contribution in [-0.2, 0) is 5.41 Å². The Morgan fingerprint density at radius 3 is 2.27 bits per heavy atom. The first-order valence-electron chi connectivity index (χ1n) is 5.03. The first-order chi connectivity index (χ1) is 6.88. The maximum atomic E-state index is 4.35. The molecule has 0 aromatic carbocycles. The first-order valence-corrected chi connectivity index (χ1v) is 5.03. The lowest BCUT2D eigenvalue weighted by atomic mass is 9.88. The number of anilines is 1. The van der Waals surface area contributed by atoms with Gasteiger partial charge in [0.2, 0.25) is 0 Å². The van der Waals surface area contributed by atoms with Crippen molar-refractivity contribution in [2.75, 3.05) is 19.0 Å². The Kier molecular flexibility index (Phi) is 3.12. The van der Waals surface area contributed by atoms with Crippen LogP contribution in [0.25, 0.3) is 6.08 Å². The average Bonchev–Trinajstić information content (AvgIpc) is 2.15. The van der Waals surface area contributed by atoms with E-state index in [2.05, 4.69) is 37.3 Å². The largest absolute Gasteiger partial charge is 0.362 e. The molecule has 1 aromatic rings. The average molecular weight is 205 g/mol. The summed E-state index contributed by atoms with van der Waals surface area (Å²) in [6.07, 6.45) is 3.44. The smallest absolute Gasteiger partial charge is 0.139 e. The second kappa shape index (κ2) is 4.01. The molecule has 1 aromatic heterocycles. The summed E-state index contributed by atoms with van der Waals surface area (Å²) in [5, 5.41) is 0. The lowest BCUT2D eigenvalue weighted by Crippen LogP contribution is -2.20. The lowest BCUT2D eigenvalue weighted by molar-refractivity contribution is 0.565. The van der Waals surface area contributed by atoms with Crippen LogP contribution in [0, 0.1) is 0 Å². The molecule has 0 spiro atoms. The van der Waals surface area contributed by atoms with Gasteiger partial charge in [0.1, 0.15) is 12.1 Å². The molecular formula is C12H19N3. The molecule has 0 saturated heterocycles. The SMILES string of the molecule is C=Cc1c(N(C)C)ncnc1C(C)(C)C. The van der Waals surface area contributed by atoms with E-state index in [0.29, 0.717) is 0 Å². The van der Waals surface area contributed by atoms with E-state index >= 15 is 0 Å². The van der Waals surface area contributed by atoms with Crippen LogP contribution in [-0.4, -0.2) is 24.1 Å². The van der Waals surface area contributed by atoms with Crippen LogP contribution in [0.5, 0.6) is 0 Å². The molecule has 0 radical (unpaired) electrons. The van der Waals surface area contributed by atoms with Crippen LogP contribution in [0.15, 0.2) is 12.9 Å². The Hall–Kier alpha value is -1.38. The summed E-state index contributed by atoms with van der Waals surface area (Å²) in [5.74, 6) is 0.921. The highest BCUT2D eigenvalue weighted by atomic mass is 15.1. The van der Waals surface area contributed by atoms with E-state index in [1.165, 1.54) is 0 Å². The van der Waals surface area contributed by atoms with Crippen molar-refractivity contribution in [2.45, 2.75) is 26.2 Å². The highest BCUT2D eigenvalue weighted by Gasteiger charge is 2.21. The molecule has 3 nitrogen and oxygen atoms in total. The van der Waals surface area contributed by atoms with Gasteiger partial charge in [0.25, 0.3) is 0 Å². The number of hydrogen-bond donors (Lipinski definition) is 0. The molecule has 0 saturated carbocycles. The predicted octanol–water partition coefficient (Wildman–Crippen LogP) is 2.48. The standard InChI is InChI=1S/C12H19N3/c1-7-9-10(12(2,3)4)13-8-14-11(9)15(5)6/h7-8H,1H2,2-6H3. The zero-order valence-corrected chi connectivity index (χ0v) is 10.2. The van der Waals surface area contributed by atoms with Gasteiger partial charge >= 0.3 is 0 Å². The molecule has 0 aliphatic rings. The zero-order valence-electron chi connectivity index (χ0n) is 10.2. The minimum absolute atomic E-state index is 0.0111. The Labute approximate surface area is 91.9 Å². The van der Waals surface area contributed by atoms with Crippen molar-refractivity contribution in [2.24, 2.45) is 0 Å². The van der Waals surface area contributed by atoms with Gasteiger partial charge in [0.15, 0.2) is 0 Å². The summed E-state index contributed by atoms with van der Waals surface area (Å²) < 4.78 is 0. The van der Waals surface area contributed by atoms with Gasteiger partial charge in [-0.2, -0.15) is 0 Å². The van der Waals surface area contributed by atoms with Crippen molar-refractivity contribution in [1.29, 1.82) is 0 Å². The van der Waals surface area contributed by atoms with E-state index in [0.717, 1.165) is 17.1 Å². The molecule has 0 N–H and O–H groups in total. The fourth-order valence-electron chi connectivity index (χ4n) is 1.53. The van der Waals surface area contributed by atoms with Crippen molar-refractivity contribution >= 4 is 11.9 Å². The first kappa shape index (κ1) is 11.7. The van der Waals surface area contributed by atoms with Gasteiger partial charge in [0, 0.05) is 25.1 Å². The van der Waals surface area contributed by atoms with Gasteiger partial charge in [-0.1, -0.05) is 33.4 Å². The molecule has 0 unspecified atom stereocenters. The van der Waals surface area contributed by atoms with E-state index in [9.17, 15) is 0 Å². The predicted molar refractivity (Wildman–Crippen MR) is 65.2 cm³/mol. The third-order valence-electron chi connectivity index (χ3n) is 2.20. The molecule has 1 rings (SSSR count). The second-order valence-electron chi connectivity index (χ2n) is 4.81. The normalized spacial score (nSPS) is 11.3. The molecule has 15 heavy (non-hydrogen) atoms. The molecule has 0 bridgehead atoms. The molecule has 1 heterocycles. The number of nitrogens with zero attached hydrogens (tertiary/aromatic N) is 3.